The van der Waals surface area contributed by atoms with Gasteiger partial charge in [0.25, 0.3) is 0 Å². The zero-order chi connectivity index (χ0) is 16.8. The maximum absolute atomic E-state index is 12.4. The summed E-state index contributed by atoms with van der Waals surface area (Å²) in [6.07, 6.45) is 0.645. The first kappa shape index (κ1) is 16.4. The topological polar surface area (TPSA) is 34.5 Å². The number of hydrogen-bond donors (Lipinski definition) is 0. The van der Waals surface area contributed by atoms with Crippen LogP contribution < -0.4 is 0 Å². The Labute approximate surface area is 145 Å². The van der Waals surface area contributed by atoms with Gasteiger partial charge in [-0.25, -0.2) is 4.79 Å². The summed E-state index contributed by atoms with van der Waals surface area (Å²) in [7, 11) is 0. The van der Waals surface area contributed by atoms with E-state index < -0.39 is 5.60 Å². The molecule has 4 nitrogen and oxygen atoms in total. The molecule has 1 aliphatic rings. The third-order valence-electron chi connectivity index (χ3n) is 4.19. The molecular weight excluding hydrogens is 356 g/mol. The summed E-state index contributed by atoms with van der Waals surface area (Å²) in [4.78, 5) is 14.2. The van der Waals surface area contributed by atoms with Crippen LogP contribution in [0.4, 0.5) is 4.79 Å². The number of carbonyl (C=O) groups excluding carboxylic acids is 1. The van der Waals surface area contributed by atoms with Crippen molar-refractivity contribution in [1.29, 1.82) is 0 Å². The number of carbonyl (C=O) groups is 1. The average Bonchev–Trinajstić information content (AvgIpc) is 2.77. The second-order valence-electron chi connectivity index (χ2n) is 6.98. The second kappa shape index (κ2) is 5.86. The highest BCUT2D eigenvalue weighted by Crippen LogP contribution is 2.33. The Bertz CT molecular complexity index is 758. The molecule has 2 aromatic rings. The number of halogens is 1. The molecule has 1 aromatic carbocycles. The minimum Gasteiger partial charge on any atom is -0.444 e. The normalized spacial score (nSPS) is 14.9. The Morgan fingerprint density at radius 1 is 1.35 bits per heavy atom. The molecule has 0 saturated heterocycles. The van der Waals surface area contributed by atoms with Crippen LogP contribution >= 0.6 is 15.9 Å². The molecule has 0 aliphatic carbocycles. The highest BCUT2D eigenvalue weighted by atomic mass is 79.9. The van der Waals surface area contributed by atoms with E-state index in [1.807, 2.05) is 25.7 Å². The van der Waals surface area contributed by atoms with Crippen molar-refractivity contribution in [3.05, 3.63) is 33.9 Å². The van der Waals surface area contributed by atoms with Gasteiger partial charge in [0.15, 0.2) is 0 Å². The quantitative estimate of drug-likeness (QED) is 0.719. The molecule has 0 radical (unpaired) electrons. The summed E-state index contributed by atoms with van der Waals surface area (Å²) in [6, 6.07) is 6.37. The summed E-state index contributed by atoms with van der Waals surface area (Å²) >= 11 is 3.56. The molecule has 0 atom stereocenters. The Balaban J connectivity index is 1.97. The predicted octanol–water partition coefficient (Wildman–Crippen LogP) is 4.72. The predicted molar refractivity (Wildman–Crippen MR) is 95.7 cm³/mol. The molecule has 0 saturated carbocycles. The first-order chi connectivity index (χ1) is 10.8. The van der Waals surface area contributed by atoms with E-state index >= 15 is 0 Å². The number of nitrogens with zero attached hydrogens (tertiary/aromatic N) is 2. The van der Waals surface area contributed by atoms with Gasteiger partial charge < -0.3 is 14.2 Å². The van der Waals surface area contributed by atoms with E-state index in [4.69, 9.17) is 4.74 Å². The Hall–Kier alpha value is -1.49. The molecule has 1 aromatic heterocycles. The van der Waals surface area contributed by atoms with Crippen molar-refractivity contribution in [1.82, 2.24) is 9.47 Å². The molecule has 2 heterocycles. The lowest BCUT2D eigenvalue weighted by Gasteiger charge is -2.30. The smallest absolute Gasteiger partial charge is 0.410 e. The number of benzene rings is 1. The zero-order valence-corrected chi connectivity index (χ0v) is 15.7. The molecule has 3 rings (SSSR count). The van der Waals surface area contributed by atoms with Crippen LogP contribution in [0.1, 0.15) is 39.0 Å². The highest BCUT2D eigenvalue weighted by Gasteiger charge is 2.29. The maximum Gasteiger partial charge on any atom is 0.410 e. The van der Waals surface area contributed by atoms with E-state index in [1.54, 1.807) is 0 Å². The van der Waals surface area contributed by atoms with E-state index in [1.165, 1.54) is 22.2 Å². The van der Waals surface area contributed by atoms with Crippen molar-refractivity contribution in [3.63, 3.8) is 0 Å². The van der Waals surface area contributed by atoms with Crippen molar-refractivity contribution < 1.29 is 9.53 Å². The first-order valence-electron chi connectivity index (χ1n) is 8.07. The van der Waals surface area contributed by atoms with Crippen LogP contribution in [-0.4, -0.2) is 27.7 Å². The van der Waals surface area contributed by atoms with Gasteiger partial charge in [0.1, 0.15) is 5.60 Å². The van der Waals surface area contributed by atoms with Crippen molar-refractivity contribution in [2.24, 2.45) is 0 Å². The molecule has 0 bridgehead atoms. The number of aryl methyl sites for hydroxylation is 1. The monoisotopic (exact) mass is 378 g/mol. The van der Waals surface area contributed by atoms with E-state index in [0.29, 0.717) is 13.1 Å². The molecular formula is C18H23BrN2O2. The average molecular weight is 379 g/mol. The van der Waals surface area contributed by atoms with E-state index in [0.717, 1.165) is 17.4 Å². The SMILES string of the molecule is CCn1c2c(c3ccc(Br)cc31)CN(C(=O)OC(C)(C)C)CC2. The van der Waals surface area contributed by atoms with Gasteiger partial charge in [0.05, 0.1) is 6.54 Å². The van der Waals surface area contributed by atoms with Gasteiger partial charge in [-0.2, -0.15) is 0 Å². The molecule has 0 unspecified atom stereocenters. The Kier molecular flexibility index (Phi) is 4.17. The van der Waals surface area contributed by atoms with Crippen molar-refractivity contribution in [2.45, 2.75) is 52.8 Å². The number of amides is 1. The van der Waals surface area contributed by atoms with Crippen LogP contribution in [0, 0.1) is 0 Å². The van der Waals surface area contributed by atoms with Crippen LogP contribution in [0.2, 0.25) is 0 Å². The number of rotatable bonds is 1. The summed E-state index contributed by atoms with van der Waals surface area (Å²) in [5.74, 6) is 0. The van der Waals surface area contributed by atoms with Crippen molar-refractivity contribution in [3.8, 4) is 0 Å². The third kappa shape index (κ3) is 3.11. The molecule has 1 amide bonds. The Morgan fingerprint density at radius 3 is 2.74 bits per heavy atom. The number of aromatic nitrogens is 1. The molecule has 23 heavy (non-hydrogen) atoms. The largest absolute Gasteiger partial charge is 0.444 e. The van der Waals surface area contributed by atoms with Crippen molar-refractivity contribution >= 4 is 32.9 Å². The van der Waals surface area contributed by atoms with Crippen molar-refractivity contribution in [2.75, 3.05) is 6.54 Å². The molecule has 0 spiro atoms. The fourth-order valence-electron chi connectivity index (χ4n) is 3.26. The highest BCUT2D eigenvalue weighted by molar-refractivity contribution is 9.10. The summed E-state index contributed by atoms with van der Waals surface area (Å²) in [5, 5.41) is 1.23. The van der Waals surface area contributed by atoms with Crippen LogP contribution in [0.5, 0.6) is 0 Å². The molecule has 0 N–H and O–H groups in total. The third-order valence-corrected chi connectivity index (χ3v) is 4.68. The lowest BCUT2D eigenvalue weighted by Crippen LogP contribution is -2.40. The first-order valence-corrected chi connectivity index (χ1v) is 8.87. The van der Waals surface area contributed by atoms with Gasteiger partial charge in [-0.05, 0) is 39.8 Å². The molecule has 5 heteroatoms. The minimum atomic E-state index is -0.459. The summed E-state index contributed by atoms with van der Waals surface area (Å²) in [6.45, 7) is 10.1. The minimum absolute atomic E-state index is 0.224. The van der Waals surface area contributed by atoms with E-state index in [2.05, 4.69) is 45.6 Å². The fraction of sp³-hybridized carbons (Fsp3) is 0.500. The molecule has 124 valence electrons. The number of hydrogen-bond acceptors (Lipinski definition) is 2. The maximum atomic E-state index is 12.4. The van der Waals surface area contributed by atoms with Crippen LogP contribution in [0.25, 0.3) is 10.9 Å². The van der Waals surface area contributed by atoms with Gasteiger partial charge >= 0.3 is 6.09 Å². The van der Waals surface area contributed by atoms with Gasteiger partial charge in [-0.1, -0.05) is 22.0 Å². The standard InChI is InChI=1S/C18H23BrN2O2/c1-5-21-15-8-9-20(17(22)23-18(2,3)4)11-14(15)13-7-6-12(19)10-16(13)21/h6-7,10H,5,8-9,11H2,1-4H3. The Morgan fingerprint density at radius 2 is 2.09 bits per heavy atom. The van der Waals surface area contributed by atoms with Gasteiger partial charge in [0.2, 0.25) is 0 Å². The number of fused-ring (bicyclic) bond motifs is 3. The zero-order valence-electron chi connectivity index (χ0n) is 14.1. The lowest BCUT2D eigenvalue weighted by atomic mass is 10.0. The van der Waals surface area contributed by atoms with E-state index in [-0.39, 0.29) is 6.09 Å². The van der Waals surface area contributed by atoms with Gasteiger partial charge in [-0.15, -0.1) is 0 Å². The van der Waals surface area contributed by atoms with Crippen LogP contribution in [0.3, 0.4) is 0 Å². The van der Waals surface area contributed by atoms with Gasteiger partial charge in [-0.3, -0.25) is 0 Å². The fourth-order valence-corrected chi connectivity index (χ4v) is 3.61. The second-order valence-corrected chi connectivity index (χ2v) is 7.90. The summed E-state index contributed by atoms with van der Waals surface area (Å²) in [5.41, 5.74) is 3.38. The van der Waals surface area contributed by atoms with Crippen LogP contribution in [-0.2, 0) is 24.2 Å². The lowest BCUT2D eigenvalue weighted by molar-refractivity contribution is 0.0223. The molecule has 1 aliphatic heterocycles. The number of ether oxygens (including phenoxy) is 1. The molecule has 0 fully saturated rings. The van der Waals surface area contributed by atoms with Gasteiger partial charge in [0, 0.05) is 46.1 Å². The summed E-state index contributed by atoms with van der Waals surface area (Å²) < 4.78 is 8.97. The van der Waals surface area contributed by atoms with Crippen LogP contribution in [0.15, 0.2) is 22.7 Å². The van der Waals surface area contributed by atoms with E-state index in [9.17, 15) is 4.79 Å².